The Bertz CT molecular complexity index is 563. The molecule has 0 aliphatic carbocycles. The maximum Gasteiger partial charge on any atom is 0.194 e. The summed E-state index contributed by atoms with van der Waals surface area (Å²) >= 11 is 0. The Labute approximate surface area is 162 Å². The van der Waals surface area contributed by atoms with E-state index in [1.54, 1.807) is 6.08 Å². The Morgan fingerprint density at radius 1 is 1.46 bits per heavy atom. The topological polar surface area (TPSA) is 82.0 Å². The number of rotatable bonds is 4. The molecular formula is C16H30IN3O3S. The van der Waals surface area contributed by atoms with Gasteiger partial charge in [0.05, 0.1) is 17.6 Å². The normalized spacial score (nSPS) is 29.0. The Morgan fingerprint density at radius 2 is 2.17 bits per heavy atom. The van der Waals surface area contributed by atoms with Gasteiger partial charge in [0, 0.05) is 31.6 Å². The number of nitrogens with zero attached hydrogens (tertiary/aromatic N) is 2. The van der Waals surface area contributed by atoms with Gasteiger partial charge in [-0.3, -0.25) is 4.99 Å². The molecule has 2 N–H and O–H groups in total. The van der Waals surface area contributed by atoms with E-state index in [2.05, 4.69) is 35.6 Å². The van der Waals surface area contributed by atoms with Gasteiger partial charge in [-0.15, -0.1) is 30.6 Å². The van der Waals surface area contributed by atoms with Crippen molar-refractivity contribution in [1.29, 1.82) is 0 Å². The summed E-state index contributed by atoms with van der Waals surface area (Å²) in [5, 5.41) is 13.4. The molecule has 0 spiro atoms. The van der Waals surface area contributed by atoms with Gasteiger partial charge in [0.15, 0.2) is 15.8 Å². The molecule has 0 aromatic carbocycles. The summed E-state index contributed by atoms with van der Waals surface area (Å²) < 4.78 is 23.1. The molecule has 2 fully saturated rings. The molecule has 0 radical (unpaired) electrons. The van der Waals surface area contributed by atoms with Crippen LogP contribution in [-0.2, 0) is 9.84 Å². The number of aliphatic hydroxyl groups is 1. The molecule has 0 aromatic rings. The summed E-state index contributed by atoms with van der Waals surface area (Å²) in [7, 11) is -2.86. The van der Waals surface area contributed by atoms with Crippen molar-refractivity contribution in [3.05, 3.63) is 12.7 Å². The molecule has 2 aliphatic heterocycles. The minimum Gasteiger partial charge on any atom is -0.392 e. The average Bonchev–Trinajstić information content (AvgIpc) is 2.81. The predicted molar refractivity (Wildman–Crippen MR) is 109 cm³/mol. The molecular weight excluding hydrogens is 441 g/mol. The third-order valence-electron chi connectivity index (χ3n) is 4.70. The molecule has 2 heterocycles. The highest BCUT2D eigenvalue weighted by Crippen LogP contribution is 2.29. The first-order valence-electron chi connectivity index (χ1n) is 8.26. The quantitative estimate of drug-likeness (QED) is 0.279. The van der Waals surface area contributed by atoms with Gasteiger partial charge in [-0.1, -0.05) is 19.9 Å². The molecule has 2 aliphatic rings. The molecule has 6 nitrogen and oxygen atoms in total. The monoisotopic (exact) mass is 471 g/mol. The number of hydrogen-bond donors (Lipinski definition) is 2. The average molecular weight is 471 g/mol. The van der Waals surface area contributed by atoms with Crippen molar-refractivity contribution in [2.24, 2.45) is 16.3 Å². The van der Waals surface area contributed by atoms with Gasteiger partial charge in [0.25, 0.3) is 0 Å². The van der Waals surface area contributed by atoms with Gasteiger partial charge >= 0.3 is 0 Å². The number of hydrogen-bond acceptors (Lipinski definition) is 4. The second kappa shape index (κ2) is 8.84. The number of aliphatic hydroxyl groups excluding tert-OH is 1. The van der Waals surface area contributed by atoms with Crippen LogP contribution in [0.5, 0.6) is 0 Å². The number of guanidine groups is 1. The summed E-state index contributed by atoms with van der Waals surface area (Å²) in [4.78, 5) is 6.81. The summed E-state index contributed by atoms with van der Waals surface area (Å²) in [5.41, 5.74) is -0.189. The Hall–Kier alpha value is -0.350. The van der Waals surface area contributed by atoms with E-state index in [1.807, 2.05) is 0 Å². The molecule has 8 heteroatoms. The van der Waals surface area contributed by atoms with Crippen LogP contribution in [0.3, 0.4) is 0 Å². The third-order valence-corrected chi connectivity index (χ3v) is 6.54. The lowest BCUT2D eigenvalue weighted by atomic mass is 9.81. The van der Waals surface area contributed by atoms with Crippen molar-refractivity contribution in [2.75, 3.05) is 37.7 Å². The molecule has 0 aromatic heterocycles. The first-order chi connectivity index (χ1) is 10.7. The van der Waals surface area contributed by atoms with Gasteiger partial charge in [-0.25, -0.2) is 8.42 Å². The largest absolute Gasteiger partial charge is 0.392 e. The van der Waals surface area contributed by atoms with Gasteiger partial charge in [0.1, 0.15) is 0 Å². The fraction of sp³-hybridized carbons (Fsp3) is 0.812. The molecule has 2 saturated heterocycles. The number of likely N-dealkylation sites (tertiary alicyclic amines) is 1. The highest BCUT2D eigenvalue weighted by molar-refractivity contribution is 14.0. The van der Waals surface area contributed by atoms with E-state index in [1.165, 1.54) is 0 Å². The minimum atomic E-state index is -2.86. The minimum absolute atomic E-state index is 0. The highest BCUT2D eigenvalue weighted by Gasteiger charge is 2.36. The Morgan fingerprint density at radius 3 is 2.71 bits per heavy atom. The van der Waals surface area contributed by atoms with Crippen LogP contribution in [0.2, 0.25) is 0 Å². The van der Waals surface area contributed by atoms with Crippen molar-refractivity contribution < 1.29 is 13.5 Å². The van der Waals surface area contributed by atoms with Gasteiger partial charge < -0.3 is 15.3 Å². The van der Waals surface area contributed by atoms with Crippen molar-refractivity contribution in [3.8, 4) is 0 Å². The van der Waals surface area contributed by atoms with Crippen LogP contribution in [0.1, 0.15) is 26.7 Å². The fourth-order valence-electron chi connectivity index (χ4n) is 3.19. The number of nitrogens with one attached hydrogen (secondary N) is 1. The lowest BCUT2D eigenvalue weighted by Gasteiger charge is -2.43. The number of aliphatic imine (C=N–C) groups is 1. The lowest BCUT2D eigenvalue weighted by molar-refractivity contribution is -0.00499. The van der Waals surface area contributed by atoms with Crippen molar-refractivity contribution >= 4 is 39.8 Å². The molecule has 24 heavy (non-hydrogen) atoms. The van der Waals surface area contributed by atoms with Crippen LogP contribution in [0, 0.1) is 11.3 Å². The molecule has 2 atom stereocenters. The maximum absolute atomic E-state index is 11.6. The number of sulfone groups is 1. The first-order valence-corrected chi connectivity index (χ1v) is 10.1. The van der Waals surface area contributed by atoms with E-state index in [0.717, 1.165) is 19.0 Å². The maximum atomic E-state index is 11.6. The van der Waals surface area contributed by atoms with E-state index in [4.69, 9.17) is 0 Å². The zero-order valence-electron chi connectivity index (χ0n) is 14.6. The van der Waals surface area contributed by atoms with Crippen molar-refractivity contribution in [1.82, 2.24) is 10.2 Å². The zero-order valence-corrected chi connectivity index (χ0v) is 17.7. The molecule has 2 unspecified atom stereocenters. The molecule has 2 rings (SSSR count). The smallest absolute Gasteiger partial charge is 0.194 e. The van der Waals surface area contributed by atoms with Gasteiger partial charge in [-0.2, -0.15) is 0 Å². The van der Waals surface area contributed by atoms with Crippen LogP contribution in [0.25, 0.3) is 0 Å². The number of piperidine rings is 1. The molecule has 0 amide bonds. The molecule has 0 bridgehead atoms. The SMILES string of the molecule is C=CCNC(=NCC1CCS(=O)(=O)C1)N1CCC(O)C(C)(C)C1.I. The van der Waals surface area contributed by atoms with E-state index in [-0.39, 0.29) is 52.9 Å². The second-order valence-electron chi connectivity index (χ2n) is 7.32. The van der Waals surface area contributed by atoms with Crippen molar-refractivity contribution in [3.63, 3.8) is 0 Å². The summed E-state index contributed by atoms with van der Waals surface area (Å²) in [6, 6.07) is 0. The van der Waals surface area contributed by atoms with Gasteiger partial charge in [-0.05, 0) is 18.8 Å². The first kappa shape index (κ1) is 21.7. The van der Waals surface area contributed by atoms with E-state index >= 15 is 0 Å². The zero-order chi connectivity index (χ0) is 17.1. The van der Waals surface area contributed by atoms with E-state index < -0.39 is 9.84 Å². The third kappa shape index (κ3) is 5.87. The predicted octanol–water partition coefficient (Wildman–Crippen LogP) is 1.26. The molecule has 140 valence electrons. The van der Waals surface area contributed by atoms with Crippen molar-refractivity contribution in [2.45, 2.75) is 32.8 Å². The van der Waals surface area contributed by atoms with Crippen LogP contribution in [-0.4, -0.2) is 68.2 Å². The Balaban J connectivity index is 0.00000288. The second-order valence-corrected chi connectivity index (χ2v) is 9.55. The summed E-state index contributed by atoms with van der Waals surface area (Å²) in [5.74, 6) is 1.43. The van der Waals surface area contributed by atoms with Crippen LogP contribution >= 0.6 is 24.0 Å². The van der Waals surface area contributed by atoms with Crippen LogP contribution in [0.4, 0.5) is 0 Å². The number of halogens is 1. The standard InChI is InChI=1S/C16H29N3O3S.HI/c1-4-7-17-15(18-10-13-6-9-23(21,22)11-13)19-8-5-14(20)16(2,3)12-19;/h4,13-14,20H,1,5-12H2,2-3H3,(H,17,18);1H. The van der Waals surface area contributed by atoms with Crippen LogP contribution < -0.4 is 5.32 Å². The summed E-state index contributed by atoms with van der Waals surface area (Å²) in [6.07, 6.45) is 2.88. The fourth-order valence-corrected chi connectivity index (χ4v) is 5.04. The molecule has 0 saturated carbocycles. The van der Waals surface area contributed by atoms with E-state index in [9.17, 15) is 13.5 Å². The highest BCUT2D eigenvalue weighted by atomic mass is 127. The summed E-state index contributed by atoms with van der Waals surface area (Å²) in [6.45, 7) is 10.4. The van der Waals surface area contributed by atoms with Crippen LogP contribution in [0.15, 0.2) is 17.6 Å². The van der Waals surface area contributed by atoms with Gasteiger partial charge in [0.2, 0.25) is 0 Å². The lowest BCUT2D eigenvalue weighted by Crippen LogP contribution is -2.54. The van der Waals surface area contributed by atoms with E-state index in [0.29, 0.717) is 25.9 Å². The Kier molecular flexibility index (Phi) is 7.99.